The Bertz CT molecular complexity index is 820. The van der Waals surface area contributed by atoms with Crippen molar-refractivity contribution in [3.63, 3.8) is 0 Å². The molecule has 24 heavy (non-hydrogen) atoms. The number of hydrogen-bond acceptors (Lipinski definition) is 3. The second-order valence-electron chi connectivity index (χ2n) is 5.23. The number of hydrogen-bond donors (Lipinski definition) is 2. The van der Waals surface area contributed by atoms with E-state index in [1.165, 1.54) is 12.1 Å². The normalized spacial score (nSPS) is 10.2. The first kappa shape index (κ1) is 15.7. The van der Waals surface area contributed by atoms with Crippen LogP contribution in [0, 0.1) is 5.82 Å². The van der Waals surface area contributed by atoms with Crippen molar-refractivity contribution in [1.29, 1.82) is 0 Å². The van der Waals surface area contributed by atoms with E-state index in [9.17, 15) is 9.18 Å². The van der Waals surface area contributed by atoms with Crippen LogP contribution < -0.4 is 10.6 Å². The van der Waals surface area contributed by atoms with Crippen LogP contribution in [0.15, 0.2) is 72.9 Å². The van der Waals surface area contributed by atoms with Crippen molar-refractivity contribution in [1.82, 2.24) is 10.3 Å². The third-order valence-electron chi connectivity index (χ3n) is 3.42. The fraction of sp³-hybridized carbons (Fsp3) is 0.0526. The summed E-state index contributed by atoms with van der Waals surface area (Å²) in [4.78, 5) is 16.3. The number of halogens is 1. The Balaban J connectivity index is 1.65. The van der Waals surface area contributed by atoms with Crippen molar-refractivity contribution in [2.45, 2.75) is 6.54 Å². The Kier molecular flexibility index (Phi) is 4.81. The first-order chi connectivity index (χ1) is 11.7. The molecule has 0 aliphatic carbocycles. The van der Waals surface area contributed by atoms with E-state index in [4.69, 9.17) is 0 Å². The van der Waals surface area contributed by atoms with Gasteiger partial charge in [0.15, 0.2) is 0 Å². The van der Waals surface area contributed by atoms with Crippen molar-refractivity contribution >= 4 is 17.3 Å². The summed E-state index contributed by atoms with van der Waals surface area (Å²) in [6.07, 6.45) is 1.56. The van der Waals surface area contributed by atoms with Gasteiger partial charge in [-0.25, -0.2) is 4.39 Å². The number of benzene rings is 2. The number of pyridine rings is 1. The second-order valence-corrected chi connectivity index (χ2v) is 5.23. The second kappa shape index (κ2) is 7.37. The third kappa shape index (κ3) is 4.16. The molecule has 120 valence electrons. The van der Waals surface area contributed by atoms with Gasteiger partial charge in [-0.05, 0) is 42.0 Å². The van der Waals surface area contributed by atoms with Crippen molar-refractivity contribution in [2.75, 3.05) is 5.32 Å². The lowest BCUT2D eigenvalue weighted by Crippen LogP contribution is -2.23. The SMILES string of the molecule is O=C(NCc1ccccc1)c1cc(Nc2ccc(F)cc2)ccn1. The molecule has 1 amide bonds. The Morgan fingerprint density at radius 1 is 0.958 bits per heavy atom. The van der Waals surface area contributed by atoms with Crippen LogP contribution in [0.1, 0.15) is 16.1 Å². The molecule has 0 fully saturated rings. The van der Waals surface area contributed by atoms with Crippen LogP contribution in [0.2, 0.25) is 0 Å². The van der Waals surface area contributed by atoms with E-state index in [1.807, 2.05) is 30.3 Å². The molecule has 3 rings (SSSR count). The van der Waals surface area contributed by atoms with Crippen molar-refractivity contribution in [3.05, 3.63) is 90.0 Å². The number of amides is 1. The van der Waals surface area contributed by atoms with Gasteiger partial charge in [0.05, 0.1) is 0 Å². The molecule has 4 nitrogen and oxygen atoms in total. The van der Waals surface area contributed by atoms with Crippen LogP contribution in [-0.2, 0) is 6.54 Å². The first-order valence-corrected chi connectivity index (χ1v) is 7.51. The van der Waals surface area contributed by atoms with Crippen LogP contribution in [0.25, 0.3) is 0 Å². The Hall–Kier alpha value is -3.21. The summed E-state index contributed by atoms with van der Waals surface area (Å²) in [5, 5.41) is 5.95. The van der Waals surface area contributed by atoms with E-state index in [-0.39, 0.29) is 11.7 Å². The number of nitrogens with zero attached hydrogens (tertiary/aromatic N) is 1. The predicted molar refractivity (Wildman–Crippen MR) is 91.5 cm³/mol. The molecule has 0 unspecified atom stereocenters. The molecule has 0 spiro atoms. The minimum Gasteiger partial charge on any atom is -0.355 e. The number of aromatic nitrogens is 1. The molecule has 0 radical (unpaired) electrons. The molecule has 2 N–H and O–H groups in total. The highest BCUT2D eigenvalue weighted by Gasteiger charge is 2.08. The van der Waals surface area contributed by atoms with Gasteiger partial charge in [-0.3, -0.25) is 9.78 Å². The van der Waals surface area contributed by atoms with Crippen molar-refractivity contribution in [2.24, 2.45) is 0 Å². The highest BCUT2D eigenvalue weighted by molar-refractivity contribution is 5.93. The van der Waals surface area contributed by atoms with Crippen LogP contribution in [0.3, 0.4) is 0 Å². The molecule has 3 aromatic rings. The van der Waals surface area contributed by atoms with Crippen LogP contribution in [0.4, 0.5) is 15.8 Å². The molecular weight excluding hydrogens is 305 g/mol. The highest BCUT2D eigenvalue weighted by Crippen LogP contribution is 2.17. The summed E-state index contributed by atoms with van der Waals surface area (Å²) >= 11 is 0. The number of nitrogens with one attached hydrogen (secondary N) is 2. The van der Waals surface area contributed by atoms with E-state index >= 15 is 0 Å². The topological polar surface area (TPSA) is 54.0 Å². The smallest absolute Gasteiger partial charge is 0.270 e. The Labute approximate surface area is 139 Å². The Morgan fingerprint density at radius 3 is 2.46 bits per heavy atom. The summed E-state index contributed by atoms with van der Waals surface area (Å²) < 4.78 is 12.9. The lowest BCUT2D eigenvalue weighted by molar-refractivity contribution is 0.0946. The maximum Gasteiger partial charge on any atom is 0.270 e. The molecule has 1 heterocycles. The number of carbonyl (C=O) groups excluding carboxylic acids is 1. The molecule has 0 atom stereocenters. The molecule has 0 aliphatic rings. The van der Waals surface area contributed by atoms with E-state index in [1.54, 1.807) is 30.5 Å². The predicted octanol–water partition coefficient (Wildman–Crippen LogP) is 3.89. The van der Waals surface area contributed by atoms with Crippen molar-refractivity contribution in [3.8, 4) is 0 Å². The molecule has 0 aliphatic heterocycles. The van der Waals surface area contributed by atoms with Gasteiger partial charge < -0.3 is 10.6 Å². The van der Waals surface area contributed by atoms with Gasteiger partial charge in [0, 0.05) is 24.1 Å². The molecule has 0 bridgehead atoms. The minimum atomic E-state index is -0.295. The fourth-order valence-corrected chi connectivity index (χ4v) is 2.20. The van der Waals surface area contributed by atoms with Gasteiger partial charge in [0.25, 0.3) is 5.91 Å². The van der Waals surface area contributed by atoms with Gasteiger partial charge in [-0.15, -0.1) is 0 Å². The zero-order valence-corrected chi connectivity index (χ0v) is 12.9. The minimum absolute atomic E-state index is 0.249. The lowest BCUT2D eigenvalue weighted by atomic mass is 10.2. The standard InChI is InChI=1S/C19H16FN3O/c20-15-6-8-16(9-7-15)23-17-10-11-21-18(12-17)19(24)22-13-14-4-2-1-3-5-14/h1-12H,13H2,(H,21,23)(H,22,24). The van der Waals surface area contributed by atoms with Crippen LogP contribution in [-0.4, -0.2) is 10.9 Å². The maximum atomic E-state index is 12.9. The third-order valence-corrected chi connectivity index (χ3v) is 3.42. The average molecular weight is 321 g/mol. The fourth-order valence-electron chi connectivity index (χ4n) is 2.20. The molecule has 1 aromatic heterocycles. The quantitative estimate of drug-likeness (QED) is 0.749. The summed E-state index contributed by atoms with van der Waals surface area (Å²) in [7, 11) is 0. The summed E-state index contributed by atoms with van der Waals surface area (Å²) in [6, 6.07) is 19.1. The molecule has 0 saturated heterocycles. The lowest BCUT2D eigenvalue weighted by Gasteiger charge is -2.08. The van der Waals surface area contributed by atoms with E-state index in [2.05, 4.69) is 15.6 Å². The molecule has 5 heteroatoms. The van der Waals surface area contributed by atoms with Gasteiger partial charge in [-0.1, -0.05) is 30.3 Å². The maximum absolute atomic E-state index is 12.9. The molecule has 0 saturated carbocycles. The van der Waals surface area contributed by atoms with Gasteiger partial charge in [0.1, 0.15) is 11.5 Å². The van der Waals surface area contributed by atoms with Crippen LogP contribution >= 0.6 is 0 Å². The molecular formula is C19H16FN3O. The van der Waals surface area contributed by atoms with Crippen LogP contribution in [0.5, 0.6) is 0 Å². The van der Waals surface area contributed by atoms with E-state index < -0.39 is 0 Å². The zero-order valence-electron chi connectivity index (χ0n) is 12.9. The van der Waals surface area contributed by atoms with E-state index in [0.717, 1.165) is 11.3 Å². The van der Waals surface area contributed by atoms with Gasteiger partial charge in [-0.2, -0.15) is 0 Å². The van der Waals surface area contributed by atoms with Crippen molar-refractivity contribution < 1.29 is 9.18 Å². The number of anilines is 2. The summed E-state index contributed by atoms with van der Waals surface area (Å²) in [5.74, 6) is -0.544. The largest absolute Gasteiger partial charge is 0.355 e. The highest BCUT2D eigenvalue weighted by atomic mass is 19.1. The zero-order chi connectivity index (χ0) is 16.8. The number of carbonyl (C=O) groups is 1. The monoisotopic (exact) mass is 321 g/mol. The Morgan fingerprint density at radius 2 is 1.71 bits per heavy atom. The van der Waals surface area contributed by atoms with Gasteiger partial charge in [0.2, 0.25) is 0 Å². The molecule has 2 aromatic carbocycles. The first-order valence-electron chi connectivity index (χ1n) is 7.51. The van der Waals surface area contributed by atoms with E-state index in [0.29, 0.717) is 17.9 Å². The summed E-state index contributed by atoms with van der Waals surface area (Å²) in [5.41, 5.74) is 2.78. The number of rotatable bonds is 5. The average Bonchev–Trinajstić information content (AvgIpc) is 2.63. The van der Waals surface area contributed by atoms with Gasteiger partial charge >= 0.3 is 0 Å². The summed E-state index contributed by atoms with van der Waals surface area (Å²) in [6.45, 7) is 0.441.